The Kier molecular flexibility index (Phi) is 8.58. The molecule has 2 N–H and O–H groups in total. The van der Waals surface area contributed by atoms with Crippen LogP contribution in [0.25, 0.3) is 0 Å². The van der Waals surface area contributed by atoms with Gasteiger partial charge in [0.25, 0.3) is 5.92 Å². The Morgan fingerprint density at radius 3 is 2.79 bits per heavy atom. The van der Waals surface area contributed by atoms with Crippen molar-refractivity contribution < 1.29 is 32.6 Å². The summed E-state index contributed by atoms with van der Waals surface area (Å²) in [6.07, 6.45) is 0.817. The topological polar surface area (TPSA) is 104 Å². The van der Waals surface area contributed by atoms with E-state index in [2.05, 4.69) is 26.2 Å². The van der Waals surface area contributed by atoms with Gasteiger partial charge in [0.15, 0.2) is 10.8 Å². The average Bonchev–Trinajstić information content (AvgIpc) is 3.46. The summed E-state index contributed by atoms with van der Waals surface area (Å²) in [5, 5.41) is 14.6. The number of ether oxygens (including phenoxy) is 1. The van der Waals surface area contributed by atoms with Gasteiger partial charge >= 0.3 is 11.9 Å². The lowest BCUT2D eigenvalue weighted by atomic mass is 9.93. The van der Waals surface area contributed by atoms with Crippen molar-refractivity contribution in [2.24, 2.45) is 10.9 Å². The van der Waals surface area contributed by atoms with Crippen LogP contribution in [0.2, 0.25) is 0 Å². The quantitative estimate of drug-likeness (QED) is 0.392. The summed E-state index contributed by atoms with van der Waals surface area (Å²) in [5.41, 5.74) is 0.861. The van der Waals surface area contributed by atoms with Crippen LogP contribution in [0, 0.1) is 11.7 Å². The second-order valence-corrected chi connectivity index (χ2v) is 11.0. The van der Waals surface area contributed by atoms with Gasteiger partial charge in [-0.05, 0) is 30.5 Å². The number of esters is 1. The number of carbonyl (C=O) groups excluding carboxylic acids is 1. The van der Waals surface area contributed by atoms with E-state index in [0.717, 1.165) is 0 Å². The van der Waals surface area contributed by atoms with Gasteiger partial charge in [-0.2, -0.15) is 0 Å². The van der Waals surface area contributed by atoms with Crippen molar-refractivity contribution in [2.45, 2.75) is 44.7 Å². The van der Waals surface area contributed by atoms with Gasteiger partial charge in [0.2, 0.25) is 0 Å². The lowest BCUT2D eigenvalue weighted by Gasteiger charge is -2.33. The molecule has 3 heterocycles. The van der Waals surface area contributed by atoms with Crippen molar-refractivity contribution in [3.05, 3.63) is 61.9 Å². The number of hydrogen-bond acceptors (Lipinski definition) is 8. The first kappa shape index (κ1) is 28.2. The second kappa shape index (κ2) is 11.5. The molecule has 204 valence electrons. The first-order valence-electron chi connectivity index (χ1n) is 11.9. The molecule has 1 aromatic heterocycles. The molecule has 1 saturated heterocycles. The number of carbonyl (C=O) groups is 2. The van der Waals surface area contributed by atoms with E-state index in [9.17, 15) is 27.9 Å². The van der Waals surface area contributed by atoms with E-state index < -0.39 is 54.6 Å². The number of benzene rings is 1. The SMILES string of the molecule is CCOC(=O)C1=C(CN2CC(F)(F)C[C@@H]2C(C)CC(=O)O)NC(c2nccs2)=N[C@H]1c1ccc(F)cc1Br. The Hall–Kier alpha value is -2.77. The number of amidine groups is 1. The Morgan fingerprint density at radius 2 is 2.16 bits per heavy atom. The van der Waals surface area contributed by atoms with Gasteiger partial charge < -0.3 is 15.2 Å². The zero-order valence-electron chi connectivity index (χ0n) is 20.6. The third-order valence-electron chi connectivity index (χ3n) is 6.44. The molecule has 0 bridgehead atoms. The number of halogens is 4. The third kappa shape index (κ3) is 6.26. The molecule has 3 atom stereocenters. The van der Waals surface area contributed by atoms with Gasteiger partial charge in [0.05, 0.1) is 18.7 Å². The molecule has 1 fully saturated rings. The molecule has 0 spiro atoms. The van der Waals surface area contributed by atoms with Gasteiger partial charge in [0, 0.05) is 47.2 Å². The molecule has 0 amide bonds. The van der Waals surface area contributed by atoms with Gasteiger partial charge in [-0.15, -0.1) is 11.3 Å². The van der Waals surface area contributed by atoms with Crippen LogP contribution in [0.1, 0.15) is 43.3 Å². The Bertz CT molecular complexity index is 1270. The summed E-state index contributed by atoms with van der Waals surface area (Å²) in [7, 11) is 0. The second-order valence-electron chi connectivity index (χ2n) is 9.23. The molecule has 0 saturated carbocycles. The van der Waals surface area contributed by atoms with Crippen LogP contribution in [0.3, 0.4) is 0 Å². The maximum atomic E-state index is 14.6. The summed E-state index contributed by atoms with van der Waals surface area (Å²) >= 11 is 4.66. The molecule has 1 aromatic carbocycles. The average molecular weight is 615 g/mol. The number of nitrogens with one attached hydrogen (secondary N) is 1. The molecule has 13 heteroatoms. The fourth-order valence-electron chi connectivity index (χ4n) is 4.83. The molecular weight excluding hydrogens is 589 g/mol. The van der Waals surface area contributed by atoms with E-state index in [-0.39, 0.29) is 30.8 Å². The molecule has 38 heavy (non-hydrogen) atoms. The molecular formula is C25H26BrF3N4O4S. The van der Waals surface area contributed by atoms with Gasteiger partial charge in [-0.3, -0.25) is 14.7 Å². The van der Waals surface area contributed by atoms with Gasteiger partial charge in [-0.1, -0.05) is 28.9 Å². The van der Waals surface area contributed by atoms with E-state index in [1.54, 1.807) is 25.4 Å². The Labute approximate surface area is 229 Å². The standard InChI is InChI=1S/C25H26BrF3N4O4S/c1-3-37-24(36)20-17(11-33-12-25(28,29)10-18(33)13(2)8-19(34)35)31-22(23-30-6-7-38-23)32-21(20)15-5-4-14(27)9-16(15)26/h4-7,9,13,18,21H,3,8,10-12H2,1-2H3,(H,31,32)(H,34,35)/t13?,18-,21+/m1/s1. The zero-order chi connectivity index (χ0) is 27.6. The van der Waals surface area contributed by atoms with Crippen molar-refractivity contribution >= 4 is 45.0 Å². The van der Waals surface area contributed by atoms with Gasteiger partial charge in [-0.25, -0.2) is 22.9 Å². The zero-order valence-corrected chi connectivity index (χ0v) is 23.0. The van der Waals surface area contributed by atoms with Crippen LogP contribution >= 0.6 is 27.3 Å². The van der Waals surface area contributed by atoms with Crippen molar-refractivity contribution in [1.29, 1.82) is 0 Å². The first-order valence-corrected chi connectivity index (χ1v) is 13.6. The van der Waals surface area contributed by atoms with E-state index in [1.165, 1.54) is 34.4 Å². The predicted molar refractivity (Wildman–Crippen MR) is 139 cm³/mol. The molecule has 2 aliphatic heterocycles. The highest BCUT2D eigenvalue weighted by Gasteiger charge is 2.48. The number of alkyl halides is 2. The fourth-order valence-corrected chi connectivity index (χ4v) is 5.99. The Morgan fingerprint density at radius 1 is 1.39 bits per heavy atom. The highest BCUT2D eigenvalue weighted by atomic mass is 79.9. The van der Waals surface area contributed by atoms with Crippen molar-refractivity contribution in [2.75, 3.05) is 19.7 Å². The molecule has 1 unspecified atom stereocenters. The molecule has 0 radical (unpaired) electrons. The summed E-state index contributed by atoms with van der Waals surface area (Å²) in [5.74, 6) is -5.53. The van der Waals surface area contributed by atoms with Crippen LogP contribution < -0.4 is 5.32 Å². The summed E-state index contributed by atoms with van der Waals surface area (Å²) in [6, 6.07) is 2.31. The normalized spacial score (nSPS) is 22.1. The minimum Gasteiger partial charge on any atom is -0.481 e. The predicted octanol–water partition coefficient (Wildman–Crippen LogP) is 4.77. The van der Waals surface area contributed by atoms with Crippen molar-refractivity contribution in [1.82, 2.24) is 15.2 Å². The smallest absolute Gasteiger partial charge is 0.338 e. The highest BCUT2D eigenvalue weighted by molar-refractivity contribution is 9.10. The van der Waals surface area contributed by atoms with Crippen molar-refractivity contribution in [3.8, 4) is 0 Å². The van der Waals surface area contributed by atoms with E-state index >= 15 is 0 Å². The number of carboxylic acid groups (broad SMARTS) is 1. The van der Waals surface area contributed by atoms with Gasteiger partial charge in [0.1, 0.15) is 11.9 Å². The summed E-state index contributed by atoms with van der Waals surface area (Å²) in [4.78, 5) is 35.1. The van der Waals surface area contributed by atoms with Crippen LogP contribution in [0.5, 0.6) is 0 Å². The van der Waals surface area contributed by atoms with Crippen LogP contribution in [0.4, 0.5) is 13.2 Å². The largest absolute Gasteiger partial charge is 0.481 e. The van der Waals surface area contributed by atoms with Crippen molar-refractivity contribution in [3.63, 3.8) is 0 Å². The summed E-state index contributed by atoms with van der Waals surface area (Å²) in [6.45, 7) is 2.63. The Balaban J connectivity index is 1.82. The number of thiazole rings is 1. The highest BCUT2D eigenvalue weighted by Crippen LogP contribution is 2.40. The molecule has 8 nitrogen and oxygen atoms in total. The fraction of sp³-hybridized carbons (Fsp3) is 0.440. The molecule has 4 rings (SSSR count). The number of aromatic nitrogens is 1. The van der Waals surface area contributed by atoms with Crippen LogP contribution in [-0.4, -0.2) is 64.4 Å². The number of hydrogen-bond donors (Lipinski definition) is 2. The van der Waals surface area contributed by atoms with E-state index in [4.69, 9.17) is 9.73 Å². The first-order chi connectivity index (χ1) is 18.0. The number of nitrogens with zero attached hydrogens (tertiary/aromatic N) is 3. The molecule has 0 aliphatic carbocycles. The lowest BCUT2D eigenvalue weighted by molar-refractivity contribution is -0.139. The number of aliphatic imine (C=N–C) groups is 1. The maximum Gasteiger partial charge on any atom is 0.338 e. The minimum atomic E-state index is -3.03. The third-order valence-corrected chi connectivity index (χ3v) is 7.91. The summed E-state index contributed by atoms with van der Waals surface area (Å²) < 4.78 is 48.8. The maximum absolute atomic E-state index is 14.6. The molecule has 2 aliphatic rings. The monoisotopic (exact) mass is 614 g/mol. The number of rotatable bonds is 9. The number of likely N-dealkylation sites (tertiary alicyclic amines) is 1. The van der Waals surface area contributed by atoms with E-state index in [0.29, 0.717) is 20.9 Å². The van der Waals surface area contributed by atoms with Crippen LogP contribution in [0.15, 0.2) is 50.5 Å². The lowest BCUT2D eigenvalue weighted by Crippen LogP contribution is -2.43. The number of aliphatic carboxylic acids is 1. The number of carboxylic acids is 1. The molecule has 2 aromatic rings. The van der Waals surface area contributed by atoms with Crippen LogP contribution in [-0.2, 0) is 14.3 Å². The minimum absolute atomic E-state index is 0.0655. The van der Waals surface area contributed by atoms with E-state index in [1.807, 2.05) is 0 Å².